The molecule has 6 nitrogen and oxygen atoms in total. The highest BCUT2D eigenvalue weighted by Crippen LogP contribution is 2.32. The molecule has 0 atom stereocenters. The van der Waals surface area contributed by atoms with Gasteiger partial charge in [0.25, 0.3) is 0 Å². The van der Waals surface area contributed by atoms with E-state index in [4.69, 9.17) is 11.6 Å². The van der Waals surface area contributed by atoms with Crippen molar-refractivity contribution in [2.24, 2.45) is 0 Å². The minimum Gasteiger partial charge on any atom is -0.335 e. The zero-order chi connectivity index (χ0) is 17.9. The number of hydrogen-bond acceptors (Lipinski definition) is 3. The number of sulfonamides is 1. The quantitative estimate of drug-likeness (QED) is 0.832. The molecule has 2 aliphatic rings. The van der Waals surface area contributed by atoms with E-state index in [1.165, 1.54) is 10.7 Å². The lowest BCUT2D eigenvalue weighted by atomic mass is 9.96. The van der Waals surface area contributed by atoms with Crippen molar-refractivity contribution in [3.05, 3.63) is 23.2 Å². The second kappa shape index (κ2) is 7.83. The van der Waals surface area contributed by atoms with E-state index in [0.29, 0.717) is 29.4 Å². The molecule has 2 amide bonds. The first-order valence-corrected chi connectivity index (χ1v) is 10.8. The van der Waals surface area contributed by atoms with Crippen LogP contribution in [-0.4, -0.2) is 32.8 Å². The molecule has 1 saturated carbocycles. The molecule has 2 N–H and O–H groups in total. The lowest BCUT2D eigenvalue weighted by Gasteiger charge is -2.29. The van der Waals surface area contributed by atoms with E-state index in [1.54, 1.807) is 18.2 Å². The lowest BCUT2D eigenvalue weighted by Crippen LogP contribution is -2.39. The van der Waals surface area contributed by atoms with Gasteiger partial charge in [-0.25, -0.2) is 13.2 Å². The fourth-order valence-electron chi connectivity index (χ4n) is 3.45. The summed E-state index contributed by atoms with van der Waals surface area (Å²) in [6, 6.07) is 4.91. The standard InChI is InChI=1S/C17H24ClN3O3S/c18-15-12-14(20-17(22)19-13-6-2-1-3-7-13)8-9-16(15)21-10-4-5-11-25(21,23)24/h8-9,12-13H,1-7,10-11H2,(H2,19,20,22). The van der Waals surface area contributed by atoms with E-state index in [9.17, 15) is 13.2 Å². The van der Waals surface area contributed by atoms with Crippen molar-refractivity contribution in [3.63, 3.8) is 0 Å². The predicted molar refractivity (Wildman–Crippen MR) is 101 cm³/mol. The normalized spacial score (nSPS) is 20.9. The van der Waals surface area contributed by atoms with Gasteiger partial charge in [0, 0.05) is 18.3 Å². The predicted octanol–water partition coefficient (Wildman–Crippen LogP) is 3.72. The van der Waals surface area contributed by atoms with Crippen molar-refractivity contribution in [2.45, 2.75) is 51.0 Å². The number of nitrogens with zero attached hydrogens (tertiary/aromatic N) is 1. The number of carbonyl (C=O) groups is 1. The van der Waals surface area contributed by atoms with Gasteiger partial charge in [-0.15, -0.1) is 0 Å². The molecule has 1 aromatic carbocycles. The van der Waals surface area contributed by atoms with Crippen molar-refractivity contribution < 1.29 is 13.2 Å². The van der Waals surface area contributed by atoms with Crippen molar-refractivity contribution >= 4 is 39.0 Å². The molecule has 0 bridgehead atoms. The van der Waals surface area contributed by atoms with Crippen LogP contribution >= 0.6 is 11.6 Å². The number of hydrogen-bond donors (Lipinski definition) is 2. The molecule has 8 heteroatoms. The van der Waals surface area contributed by atoms with E-state index < -0.39 is 10.0 Å². The summed E-state index contributed by atoms with van der Waals surface area (Å²) in [5.41, 5.74) is 1.02. The summed E-state index contributed by atoms with van der Waals surface area (Å²) in [5.74, 6) is 0.146. The van der Waals surface area contributed by atoms with Crippen molar-refractivity contribution in [1.82, 2.24) is 5.32 Å². The molecule has 1 heterocycles. The SMILES string of the molecule is O=C(Nc1ccc(N2CCCCS2(=O)=O)c(Cl)c1)NC1CCCCC1. The highest BCUT2D eigenvalue weighted by molar-refractivity contribution is 7.92. The van der Waals surface area contributed by atoms with E-state index in [-0.39, 0.29) is 17.8 Å². The summed E-state index contributed by atoms with van der Waals surface area (Å²) in [6.45, 7) is 0.441. The zero-order valence-electron chi connectivity index (χ0n) is 14.1. The highest BCUT2D eigenvalue weighted by Gasteiger charge is 2.27. The Balaban J connectivity index is 1.66. The Hall–Kier alpha value is -1.47. The maximum Gasteiger partial charge on any atom is 0.319 e. The van der Waals surface area contributed by atoms with E-state index >= 15 is 0 Å². The molecule has 1 aliphatic carbocycles. The van der Waals surface area contributed by atoms with Crippen LogP contribution in [0, 0.1) is 0 Å². The van der Waals surface area contributed by atoms with Crippen LogP contribution in [0.25, 0.3) is 0 Å². The Morgan fingerprint density at radius 1 is 1.12 bits per heavy atom. The summed E-state index contributed by atoms with van der Waals surface area (Å²) >= 11 is 6.29. The number of amides is 2. The molecule has 2 fully saturated rings. The number of rotatable bonds is 3. The lowest BCUT2D eigenvalue weighted by molar-refractivity contribution is 0.244. The Morgan fingerprint density at radius 2 is 1.88 bits per heavy atom. The largest absolute Gasteiger partial charge is 0.335 e. The van der Waals surface area contributed by atoms with Gasteiger partial charge in [0.1, 0.15) is 0 Å². The average molecular weight is 386 g/mol. The molecule has 0 aromatic heterocycles. The molecule has 138 valence electrons. The van der Waals surface area contributed by atoms with Gasteiger partial charge in [0.15, 0.2) is 0 Å². The van der Waals surface area contributed by atoms with Gasteiger partial charge in [-0.05, 0) is 43.9 Å². The van der Waals surface area contributed by atoms with Crippen LogP contribution in [0.2, 0.25) is 5.02 Å². The van der Waals surface area contributed by atoms with Crippen molar-refractivity contribution in [3.8, 4) is 0 Å². The van der Waals surface area contributed by atoms with Crippen LogP contribution in [0.5, 0.6) is 0 Å². The van der Waals surface area contributed by atoms with Crippen LogP contribution in [0.15, 0.2) is 18.2 Å². The first-order valence-electron chi connectivity index (χ1n) is 8.83. The van der Waals surface area contributed by atoms with Gasteiger partial charge in [-0.1, -0.05) is 30.9 Å². The Labute approximate surface area is 154 Å². The van der Waals surface area contributed by atoms with Gasteiger partial charge in [-0.2, -0.15) is 0 Å². The van der Waals surface area contributed by atoms with Crippen LogP contribution in [-0.2, 0) is 10.0 Å². The molecule has 1 aromatic rings. The number of urea groups is 1. The molecule has 0 unspecified atom stereocenters. The topological polar surface area (TPSA) is 78.5 Å². The number of anilines is 2. The number of benzene rings is 1. The van der Waals surface area contributed by atoms with Gasteiger partial charge in [0.05, 0.1) is 16.5 Å². The van der Waals surface area contributed by atoms with Crippen LogP contribution in [0.4, 0.5) is 16.2 Å². The van der Waals surface area contributed by atoms with Crippen molar-refractivity contribution in [1.29, 1.82) is 0 Å². The number of nitrogens with one attached hydrogen (secondary N) is 2. The molecular weight excluding hydrogens is 362 g/mol. The molecule has 25 heavy (non-hydrogen) atoms. The third-order valence-electron chi connectivity index (χ3n) is 4.76. The van der Waals surface area contributed by atoms with Crippen molar-refractivity contribution in [2.75, 3.05) is 21.9 Å². The minimum atomic E-state index is -3.30. The zero-order valence-corrected chi connectivity index (χ0v) is 15.7. The molecule has 3 rings (SSSR count). The van der Waals surface area contributed by atoms with Gasteiger partial charge in [-0.3, -0.25) is 4.31 Å². The first-order chi connectivity index (χ1) is 12.0. The second-order valence-corrected chi connectivity index (χ2v) is 9.11. The maximum atomic E-state index is 12.2. The molecule has 0 radical (unpaired) electrons. The molecule has 0 spiro atoms. The monoisotopic (exact) mass is 385 g/mol. The minimum absolute atomic E-state index is 0.146. The van der Waals surface area contributed by atoms with E-state index in [2.05, 4.69) is 10.6 Å². The Kier molecular flexibility index (Phi) is 5.74. The summed E-state index contributed by atoms with van der Waals surface area (Å²) in [6.07, 6.45) is 7.05. The third kappa shape index (κ3) is 4.58. The number of halogens is 1. The van der Waals surface area contributed by atoms with Gasteiger partial charge < -0.3 is 10.6 Å². The maximum absolute atomic E-state index is 12.2. The summed E-state index contributed by atoms with van der Waals surface area (Å²) in [5, 5.41) is 6.08. The van der Waals surface area contributed by atoms with E-state index in [1.807, 2.05) is 0 Å². The summed E-state index contributed by atoms with van der Waals surface area (Å²) in [4.78, 5) is 12.1. The smallest absolute Gasteiger partial charge is 0.319 e. The molecule has 1 aliphatic heterocycles. The average Bonchev–Trinajstić information content (AvgIpc) is 2.56. The number of carbonyl (C=O) groups excluding carboxylic acids is 1. The Bertz CT molecular complexity index is 733. The van der Waals surface area contributed by atoms with Crippen LogP contribution in [0.1, 0.15) is 44.9 Å². The molecule has 1 saturated heterocycles. The first kappa shape index (κ1) is 18.3. The summed E-state index contributed by atoms with van der Waals surface area (Å²) in [7, 11) is -3.30. The second-order valence-electron chi connectivity index (χ2n) is 6.69. The fourth-order valence-corrected chi connectivity index (χ4v) is 5.43. The third-order valence-corrected chi connectivity index (χ3v) is 6.92. The Morgan fingerprint density at radius 3 is 2.56 bits per heavy atom. The fraction of sp³-hybridized carbons (Fsp3) is 0.588. The van der Waals surface area contributed by atoms with Crippen LogP contribution < -0.4 is 14.9 Å². The molecular formula is C17H24ClN3O3S. The van der Waals surface area contributed by atoms with Gasteiger partial charge in [0.2, 0.25) is 10.0 Å². The van der Waals surface area contributed by atoms with Gasteiger partial charge >= 0.3 is 6.03 Å². The van der Waals surface area contributed by atoms with Crippen LogP contribution in [0.3, 0.4) is 0 Å². The van der Waals surface area contributed by atoms with E-state index in [0.717, 1.165) is 32.1 Å². The highest BCUT2D eigenvalue weighted by atomic mass is 35.5. The summed E-state index contributed by atoms with van der Waals surface area (Å²) < 4.78 is 25.8.